The Hall–Kier alpha value is -3.09. The summed E-state index contributed by atoms with van der Waals surface area (Å²) in [6, 6.07) is 7.52. The fourth-order valence-corrected chi connectivity index (χ4v) is 3.91. The van der Waals surface area contributed by atoms with Crippen LogP contribution in [0.25, 0.3) is 11.1 Å². The zero-order valence-corrected chi connectivity index (χ0v) is 17.1. The van der Waals surface area contributed by atoms with Gasteiger partial charge in [-0.2, -0.15) is 0 Å². The highest BCUT2D eigenvalue weighted by atomic mass is 16.7. The topological polar surface area (TPSA) is 72.5 Å². The maximum atomic E-state index is 12.3. The second kappa shape index (κ2) is 7.39. The van der Waals surface area contributed by atoms with Crippen LogP contribution in [0.15, 0.2) is 24.3 Å². The molecule has 2 heterocycles. The van der Waals surface area contributed by atoms with Crippen molar-refractivity contribution in [3.8, 4) is 39.9 Å². The van der Waals surface area contributed by atoms with Gasteiger partial charge in [-0.25, -0.2) is 0 Å². The number of cyclic esters (lactones) is 1. The summed E-state index contributed by atoms with van der Waals surface area (Å²) < 4.78 is 33.6. The maximum Gasteiger partial charge on any atom is 0.309 e. The van der Waals surface area contributed by atoms with Crippen LogP contribution in [0.3, 0.4) is 0 Å². The number of benzene rings is 2. The van der Waals surface area contributed by atoms with Gasteiger partial charge >= 0.3 is 5.97 Å². The summed E-state index contributed by atoms with van der Waals surface area (Å²) in [4.78, 5) is 12.3. The summed E-state index contributed by atoms with van der Waals surface area (Å²) in [6.45, 7) is 4.07. The molecule has 1 saturated heterocycles. The monoisotopic (exact) mass is 400 g/mol. The van der Waals surface area contributed by atoms with E-state index < -0.39 is 6.10 Å². The lowest BCUT2D eigenvalue weighted by atomic mass is 9.85. The van der Waals surface area contributed by atoms with Crippen LogP contribution in [-0.2, 0) is 9.53 Å². The summed E-state index contributed by atoms with van der Waals surface area (Å²) >= 11 is 0. The van der Waals surface area contributed by atoms with Crippen LogP contribution in [0.1, 0.15) is 25.5 Å². The molecule has 154 valence electrons. The van der Waals surface area contributed by atoms with E-state index in [0.717, 1.165) is 16.7 Å². The van der Waals surface area contributed by atoms with Gasteiger partial charge in [0.1, 0.15) is 6.10 Å². The highest BCUT2D eigenvalue weighted by molar-refractivity contribution is 5.83. The van der Waals surface area contributed by atoms with Crippen LogP contribution in [-0.4, -0.2) is 34.1 Å². The highest BCUT2D eigenvalue weighted by Crippen LogP contribution is 2.53. The van der Waals surface area contributed by atoms with Crippen molar-refractivity contribution in [3.63, 3.8) is 0 Å². The minimum absolute atomic E-state index is 0.0157. The Balaban J connectivity index is 1.97. The lowest BCUT2D eigenvalue weighted by molar-refractivity contribution is -0.144. The molecule has 0 saturated carbocycles. The molecule has 4 rings (SSSR count). The smallest absolute Gasteiger partial charge is 0.309 e. The van der Waals surface area contributed by atoms with Gasteiger partial charge in [0.25, 0.3) is 0 Å². The summed E-state index contributed by atoms with van der Waals surface area (Å²) in [5.74, 6) is 2.38. The predicted molar refractivity (Wildman–Crippen MR) is 105 cm³/mol. The first-order valence-electron chi connectivity index (χ1n) is 9.43. The first-order chi connectivity index (χ1) is 14.0. The van der Waals surface area contributed by atoms with Crippen molar-refractivity contribution in [2.45, 2.75) is 20.0 Å². The Labute approximate surface area is 169 Å². The molecule has 0 bridgehead atoms. The lowest BCUT2D eigenvalue weighted by Gasteiger charge is -2.24. The second-order valence-corrected chi connectivity index (χ2v) is 7.18. The van der Waals surface area contributed by atoms with Crippen molar-refractivity contribution in [1.82, 2.24) is 0 Å². The van der Waals surface area contributed by atoms with Gasteiger partial charge in [0.05, 0.1) is 27.2 Å². The van der Waals surface area contributed by atoms with Gasteiger partial charge in [-0.1, -0.05) is 19.9 Å². The molecule has 7 nitrogen and oxygen atoms in total. The highest BCUT2D eigenvalue weighted by Gasteiger charge is 2.42. The van der Waals surface area contributed by atoms with Crippen LogP contribution in [0.4, 0.5) is 0 Å². The molecule has 0 aliphatic carbocycles. The third-order valence-electron chi connectivity index (χ3n) is 5.71. The molecule has 0 radical (unpaired) electrons. The molecule has 2 aromatic carbocycles. The molecule has 0 aromatic heterocycles. The largest absolute Gasteiger partial charge is 0.493 e. The zero-order chi connectivity index (χ0) is 20.7. The molecule has 0 amide bonds. The Kier molecular flexibility index (Phi) is 4.90. The Bertz CT molecular complexity index is 953. The molecule has 2 aromatic rings. The van der Waals surface area contributed by atoms with Gasteiger partial charge in [-0.15, -0.1) is 0 Å². The first-order valence-corrected chi connectivity index (χ1v) is 9.43. The number of hydrogen-bond acceptors (Lipinski definition) is 7. The summed E-state index contributed by atoms with van der Waals surface area (Å²) in [5.41, 5.74) is 2.40. The molecule has 2 aliphatic heterocycles. The third kappa shape index (κ3) is 3.01. The van der Waals surface area contributed by atoms with E-state index in [-0.39, 0.29) is 24.6 Å². The number of hydrogen-bond donors (Lipinski definition) is 0. The van der Waals surface area contributed by atoms with Gasteiger partial charge in [-0.3, -0.25) is 4.79 Å². The van der Waals surface area contributed by atoms with E-state index in [1.165, 1.54) is 0 Å². The average Bonchev–Trinajstić information content (AvgIpc) is 3.31. The van der Waals surface area contributed by atoms with Gasteiger partial charge in [0.2, 0.25) is 12.5 Å². The third-order valence-corrected chi connectivity index (χ3v) is 5.71. The molecule has 0 N–H and O–H groups in total. The van der Waals surface area contributed by atoms with Crippen molar-refractivity contribution in [2.24, 2.45) is 11.8 Å². The van der Waals surface area contributed by atoms with E-state index in [9.17, 15) is 4.79 Å². The lowest BCUT2D eigenvalue weighted by Crippen LogP contribution is -2.11. The average molecular weight is 400 g/mol. The molecule has 0 unspecified atom stereocenters. The second-order valence-electron chi connectivity index (χ2n) is 7.18. The Morgan fingerprint density at radius 1 is 0.931 bits per heavy atom. The molecule has 3 atom stereocenters. The fourth-order valence-electron chi connectivity index (χ4n) is 3.91. The summed E-state index contributed by atoms with van der Waals surface area (Å²) in [5, 5.41) is 0. The predicted octanol–water partition coefficient (Wildman–Crippen LogP) is 3.98. The van der Waals surface area contributed by atoms with Crippen molar-refractivity contribution < 1.29 is 33.2 Å². The van der Waals surface area contributed by atoms with E-state index in [0.29, 0.717) is 28.7 Å². The maximum absolute atomic E-state index is 12.3. The number of rotatable bonds is 5. The van der Waals surface area contributed by atoms with Crippen LogP contribution in [0.5, 0.6) is 28.7 Å². The van der Waals surface area contributed by atoms with Gasteiger partial charge < -0.3 is 28.4 Å². The normalized spacial score (nSPS) is 22.4. The minimum Gasteiger partial charge on any atom is -0.493 e. The quantitative estimate of drug-likeness (QED) is 0.703. The van der Waals surface area contributed by atoms with Crippen molar-refractivity contribution in [1.29, 1.82) is 0 Å². The van der Waals surface area contributed by atoms with Crippen molar-refractivity contribution >= 4 is 5.97 Å². The number of carbonyl (C=O) groups excluding carboxylic acids is 1. The Morgan fingerprint density at radius 3 is 2.28 bits per heavy atom. The number of methoxy groups -OCH3 is 3. The molecule has 0 spiro atoms. The standard InChI is InChI=1S/C22H24O7/c1-11-12(2)22(23)29-19(11)14-9-17(24-3)20(25-4)21(26-5)18(14)13-6-7-15-16(8-13)28-10-27-15/h6-9,11-12,19H,10H2,1-5H3/t11-,12-,19+/m0/s1. The number of fused-ring (bicyclic) bond motifs is 1. The van der Waals surface area contributed by atoms with Crippen LogP contribution in [0.2, 0.25) is 0 Å². The molecular formula is C22H24O7. The Morgan fingerprint density at radius 2 is 1.66 bits per heavy atom. The number of esters is 1. The first kappa shape index (κ1) is 19.2. The van der Waals surface area contributed by atoms with E-state index >= 15 is 0 Å². The molecule has 7 heteroatoms. The van der Waals surface area contributed by atoms with Crippen LogP contribution < -0.4 is 23.7 Å². The molecule has 29 heavy (non-hydrogen) atoms. The van der Waals surface area contributed by atoms with Crippen LogP contribution in [0, 0.1) is 11.8 Å². The van der Waals surface area contributed by atoms with Crippen molar-refractivity contribution in [2.75, 3.05) is 28.1 Å². The molecule has 1 fully saturated rings. The van der Waals surface area contributed by atoms with E-state index in [4.69, 9.17) is 28.4 Å². The van der Waals surface area contributed by atoms with Crippen molar-refractivity contribution in [3.05, 3.63) is 29.8 Å². The van der Waals surface area contributed by atoms with Gasteiger partial charge in [0, 0.05) is 17.0 Å². The number of carbonyl (C=O) groups is 1. The summed E-state index contributed by atoms with van der Waals surface area (Å²) in [6.07, 6.45) is -0.438. The van der Waals surface area contributed by atoms with E-state index in [1.807, 2.05) is 38.1 Å². The SMILES string of the molecule is COc1cc([C@@H]2OC(=O)[C@@H](C)[C@@H]2C)c(-c2ccc3c(c2)OCO3)c(OC)c1OC. The summed E-state index contributed by atoms with van der Waals surface area (Å²) in [7, 11) is 4.70. The van der Waals surface area contributed by atoms with E-state index in [2.05, 4.69) is 0 Å². The zero-order valence-electron chi connectivity index (χ0n) is 17.1. The number of ether oxygens (including phenoxy) is 6. The van der Waals surface area contributed by atoms with E-state index in [1.54, 1.807) is 21.3 Å². The minimum atomic E-state index is -0.438. The molecular weight excluding hydrogens is 376 g/mol. The molecule has 2 aliphatic rings. The van der Waals surface area contributed by atoms with Gasteiger partial charge in [-0.05, 0) is 23.8 Å². The van der Waals surface area contributed by atoms with Crippen LogP contribution >= 0.6 is 0 Å². The fraction of sp³-hybridized carbons (Fsp3) is 0.409. The van der Waals surface area contributed by atoms with Gasteiger partial charge in [0.15, 0.2) is 23.0 Å².